The van der Waals surface area contributed by atoms with E-state index in [2.05, 4.69) is 32.3 Å². The summed E-state index contributed by atoms with van der Waals surface area (Å²) in [4.78, 5) is 24.5. The normalized spacial score (nSPS) is 14.2. The zero-order valence-corrected chi connectivity index (χ0v) is 19.9. The highest BCUT2D eigenvalue weighted by atomic mass is 16.5. The van der Waals surface area contributed by atoms with E-state index in [4.69, 9.17) is 13.9 Å². The molecule has 1 fully saturated rings. The number of ether oxygens (including phenoxy) is 2. The average molecular weight is 473 g/mol. The van der Waals surface area contributed by atoms with Crippen molar-refractivity contribution in [3.05, 3.63) is 71.4 Å². The summed E-state index contributed by atoms with van der Waals surface area (Å²) < 4.78 is 16.7. The quantitative estimate of drug-likeness (QED) is 0.388. The van der Waals surface area contributed by atoms with E-state index in [1.165, 1.54) is 0 Å². The first-order valence-electron chi connectivity index (χ1n) is 11.7. The number of aromatic nitrogens is 2. The Balaban J connectivity index is 1.47. The van der Waals surface area contributed by atoms with Crippen molar-refractivity contribution in [1.82, 2.24) is 20.2 Å². The van der Waals surface area contributed by atoms with Gasteiger partial charge in [0, 0.05) is 56.5 Å². The predicted octanol–water partition coefficient (Wildman–Crippen LogP) is 3.74. The van der Waals surface area contributed by atoms with Gasteiger partial charge in [0.1, 0.15) is 0 Å². The fraction of sp³-hybridized carbons (Fsp3) is 0.296. The Morgan fingerprint density at radius 2 is 1.83 bits per heavy atom. The molecule has 0 saturated carbocycles. The maximum Gasteiger partial charge on any atom is 0.228 e. The summed E-state index contributed by atoms with van der Waals surface area (Å²) in [6.07, 6.45) is 1.94. The molecule has 0 amide bonds. The highest BCUT2D eigenvalue weighted by molar-refractivity contribution is 5.98. The number of methoxy groups -OCH3 is 2. The third-order valence-corrected chi connectivity index (χ3v) is 6.15. The third-order valence-electron chi connectivity index (χ3n) is 6.15. The van der Waals surface area contributed by atoms with Crippen molar-refractivity contribution in [2.75, 3.05) is 40.4 Å². The van der Waals surface area contributed by atoms with Crippen molar-refractivity contribution in [2.45, 2.75) is 13.0 Å². The Kier molecular flexibility index (Phi) is 6.74. The first-order valence-corrected chi connectivity index (χ1v) is 11.7. The average Bonchev–Trinajstić information content (AvgIpc) is 3.33. The fourth-order valence-electron chi connectivity index (χ4n) is 4.40. The molecular weight excluding hydrogens is 444 g/mol. The van der Waals surface area contributed by atoms with Crippen LogP contribution in [0.3, 0.4) is 0 Å². The minimum absolute atomic E-state index is 0.00421. The Hall–Kier alpha value is -3.75. The zero-order valence-electron chi connectivity index (χ0n) is 19.9. The van der Waals surface area contributed by atoms with Crippen molar-refractivity contribution < 1.29 is 18.7 Å². The minimum Gasteiger partial charge on any atom is -0.493 e. The molecule has 4 aromatic rings. The number of fused-ring (bicyclic) bond motifs is 1. The topological polar surface area (TPSA) is 89.7 Å². The van der Waals surface area contributed by atoms with E-state index < -0.39 is 0 Å². The molecule has 1 aliphatic heterocycles. The van der Waals surface area contributed by atoms with Crippen LogP contribution in [-0.4, -0.2) is 61.0 Å². The van der Waals surface area contributed by atoms with Gasteiger partial charge in [0.05, 0.1) is 14.2 Å². The molecule has 35 heavy (non-hydrogen) atoms. The molecule has 0 atom stereocenters. The van der Waals surface area contributed by atoms with Crippen LogP contribution in [-0.2, 0) is 13.0 Å². The monoisotopic (exact) mass is 472 g/mol. The number of rotatable bonds is 8. The molecule has 1 saturated heterocycles. The van der Waals surface area contributed by atoms with Crippen LogP contribution in [0.5, 0.6) is 11.5 Å². The summed E-state index contributed by atoms with van der Waals surface area (Å²) in [7, 11) is 3.14. The van der Waals surface area contributed by atoms with Crippen LogP contribution in [0.4, 0.5) is 0 Å². The third kappa shape index (κ3) is 5.18. The molecule has 8 nitrogen and oxygen atoms in total. The largest absolute Gasteiger partial charge is 0.493 e. The summed E-state index contributed by atoms with van der Waals surface area (Å²) in [6, 6.07) is 15.1. The second-order valence-electron chi connectivity index (χ2n) is 8.58. The van der Waals surface area contributed by atoms with Crippen LogP contribution in [0.2, 0.25) is 0 Å². The minimum atomic E-state index is -0.00421. The molecule has 1 aliphatic rings. The number of carbonyl (C=O) groups is 1. The van der Waals surface area contributed by atoms with Crippen LogP contribution >= 0.6 is 0 Å². The fourth-order valence-corrected chi connectivity index (χ4v) is 4.40. The number of nitrogens with one attached hydrogen (secondary N) is 1. The van der Waals surface area contributed by atoms with Crippen LogP contribution in [0.15, 0.2) is 59.1 Å². The SMILES string of the molecule is COc1ccc(C(=O)Cc2cc(CN3CCNCC3)cc(-c3nc4ncccc4o3)c2)cc1OC. The van der Waals surface area contributed by atoms with Crippen molar-refractivity contribution in [3.8, 4) is 23.0 Å². The second-order valence-corrected chi connectivity index (χ2v) is 8.58. The van der Waals surface area contributed by atoms with Gasteiger partial charge in [0.25, 0.3) is 0 Å². The number of ketones is 1. The van der Waals surface area contributed by atoms with Gasteiger partial charge in [-0.25, -0.2) is 4.98 Å². The number of nitrogens with zero attached hydrogens (tertiary/aromatic N) is 3. The molecular formula is C27H28N4O4. The number of hydrogen-bond donors (Lipinski definition) is 1. The van der Waals surface area contributed by atoms with Gasteiger partial charge in [-0.2, -0.15) is 4.98 Å². The molecule has 180 valence electrons. The number of hydrogen-bond acceptors (Lipinski definition) is 8. The van der Waals surface area contributed by atoms with Crippen LogP contribution < -0.4 is 14.8 Å². The molecule has 0 spiro atoms. The highest BCUT2D eigenvalue weighted by Crippen LogP contribution is 2.29. The lowest BCUT2D eigenvalue weighted by atomic mass is 9.98. The van der Waals surface area contributed by atoms with Crippen LogP contribution in [0.25, 0.3) is 22.7 Å². The summed E-state index contributed by atoms with van der Waals surface area (Å²) in [5.74, 6) is 1.62. The van der Waals surface area contributed by atoms with E-state index in [1.807, 2.05) is 18.2 Å². The van der Waals surface area contributed by atoms with Gasteiger partial charge in [-0.3, -0.25) is 9.69 Å². The number of oxazole rings is 1. The van der Waals surface area contributed by atoms with E-state index in [9.17, 15) is 4.79 Å². The van der Waals surface area contributed by atoms with E-state index >= 15 is 0 Å². The van der Waals surface area contributed by atoms with E-state index in [-0.39, 0.29) is 12.2 Å². The molecule has 0 radical (unpaired) electrons. The lowest BCUT2D eigenvalue weighted by Gasteiger charge is -2.27. The molecule has 1 N–H and O–H groups in total. The maximum atomic E-state index is 13.2. The lowest BCUT2D eigenvalue weighted by Crippen LogP contribution is -2.42. The van der Waals surface area contributed by atoms with Crippen molar-refractivity contribution in [3.63, 3.8) is 0 Å². The van der Waals surface area contributed by atoms with Gasteiger partial charge in [-0.1, -0.05) is 6.07 Å². The van der Waals surface area contributed by atoms with E-state index in [1.54, 1.807) is 38.6 Å². The molecule has 0 aliphatic carbocycles. The maximum absolute atomic E-state index is 13.2. The number of pyridine rings is 1. The van der Waals surface area contributed by atoms with Crippen LogP contribution in [0.1, 0.15) is 21.5 Å². The summed E-state index contributed by atoms with van der Waals surface area (Å²) in [5.41, 5.74) is 4.64. The van der Waals surface area contributed by atoms with Gasteiger partial charge in [-0.05, 0) is 53.6 Å². The Morgan fingerprint density at radius 3 is 2.60 bits per heavy atom. The molecule has 8 heteroatoms. The molecule has 2 aromatic carbocycles. The molecule has 5 rings (SSSR count). The van der Waals surface area contributed by atoms with Crippen molar-refractivity contribution in [1.29, 1.82) is 0 Å². The predicted molar refractivity (Wildman–Crippen MR) is 133 cm³/mol. The molecule has 2 aromatic heterocycles. The molecule has 3 heterocycles. The smallest absolute Gasteiger partial charge is 0.228 e. The highest BCUT2D eigenvalue weighted by Gasteiger charge is 2.17. The summed E-state index contributed by atoms with van der Waals surface area (Å²) in [5, 5.41) is 3.39. The van der Waals surface area contributed by atoms with Gasteiger partial charge in [0.2, 0.25) is 5.89 Å². The van der Waals surface area contributed by atoms with Crippen LogP contribution in [0, 0.1) is 0 Å². The van der Waals surface area contributed by atoms with Gasteiger partial charge in [-0.15, -0.1) is 0 Å². The second kappa shape index (κ2) is 10.2. The Labute approximate surface area is 203 Å². The lowest BCUT2D eigenvalue weighted by molar-refractivity contribution is 0.0992. The number of carbonyl (C=O) groups excluding carboxylic acids is 1. The summed E-state index contributed by atoms with van der Waals surface area (Å²) >= 11 is 0. The first kappa shape index (κ1) is 23.0. The van der Waals surface area contributed by atoms with Crippen molar-refractivity contribution >= 4 is 17.0 Å². The first-order chi connectivity index (χ1) is 17.1. The molecule has 0 bridgehead atoms. The Bertz CT molecular complexity index is 1310. The van der Waals surface area contributed by atoms with Gasteiger partial charge < -0.3 is 19.2 Å². The summed E-state index contributed by atoms with van der Waals surface area (Å²) in [6.45, 7) is 4.71. The zero-order chi connectivity index (χ0) is 24.2. The number of benzene rings is 2. The van der Waals surface area contributed by atoms with E-state index in [0.29, 0.717) is 34.2 Å². The van der Waals surface area contributed by atoms with Gasteiger partial charge >= 0.3 is 0 Å². The number of piperazine rings is 1. The standard InChI is InChI=1S/C27H28N4O4/c1-33-23-6-5-20(16-25(23)34-2)22(32)15-18-12-19(17-31-10-8-28-9-11-31)14-21(13-18)27-30-26-24(35-27)4-3-7-29-26/h3-7,12-14,16,28H,8-11,15,17H2,1-2H3. The van der Waals surface area contributed by atoms with E-state index in [0.717, 1.165) is 49.4 Å². The van der Waals surface area contributed by atoms with Gasteiger partial charge in [0.15, 0.2) is 28.5 Å². The van der Waals surface area contributed by atoms with Crippen molar-refractivity contribution in [2.24, 2.45) is 0 Å². The molecule has 0 unspecified atom stereocenters. The Morgan fingerprint density at radius 1 is 1.03 bits per heavy atom. The number of Topliss-reactive ketones (excluding diaryl/α,β-unsaturated/α-hetero) is 1.